The van der Waals surface area contributed by atoms with Gasteiger partial charge < -0.3 is 9.63 Å². The zero-order valence-electron chi connectivity index (χ0n) is 8.70. The van der Waals surface area contributed by atoms with Crippen molar-refractivity contribution >= 4 is 0 Å². The van der Waals surface area contributed by atoms with Crippen molar-refractivity contribution in [3.63, 3.8) is 0 Å². The first-order chi connectivity index (χ1) is 8.35. The first-order valence-electron chi connectivity index (χ1n) is 4.73. The molecule has 2 aromatic rings. The Balaban J connectivity index is 2.32. The number of hydrogen-bond donors (Lipinski definition) is 1. The highest BCUT2D eigenvalue weighted by molar-refractivity contribution is 5.61. The van der Waals surface area contributed by atoms with E-state index in [1.54, 1.807) is 0 Å². The zero-order chi connectivity index (χ0) is 13.3. The van der Waals surface area contributed by atoms with E-state index in [0.29, 0.717) is 0 Å². The van der Waals surface area contributed by atoms with Crippen molar-refractivity contribution in [2.24, 2.45) is 0 Å². The van der Waals surface area contributed by atoms with Gasteiger partial charge in [0.15, 0.2) is 5.82 Å². The molecule has 0 aliphatic heterocycles. The largest absolute Gasteiger partial charge is 0.507 e. The summed E-state index contributed by atoms with van der Waals surface area (Å²) < 4.78 is 53.7. The molecule has 0 radical (unpaired) electrons. The lowest BCUT2D eigenvalue weighted by Gasteiger charge is -2.00. The number of hydrogen-bond acceptors (Lipinski definition) is 4. The van der Waals surface area contributed by atoms with E-state index in [4.69, 9.17) is 0 Å². The SMILES string of the molecule is Oc1ccc(F)cc1-c1nc(CC(F)(F)F)no1. The number of rotatable bonds is 2. The molecular formula is C10H6F4N2O2. The van der Waals surface area contributed by atoms with Crippen molar-refractivity contribution < 1.29 is 27.2 Å². The third kappa shape index (κ3) is 2.76. The summed E-state index contributed by atoms with van der Waals surface area (Å²) in [6, 6.07) is 2.92. The van der Waals surface area contributed by atoms with Crippen molar-refractivity contribution in [3.8, 4) is 17.2 Å². The van der Waals surface area contributed by atoms with E-state index < -0.39 is 24.2 Å². The van der Waals surface area contributed by atoms with Gasteiger partial charge in [-0.15, -0.1) is 0 Å². The average molecular weight is 262 g/mol. The van der Waals surface area contributed by atoms with Crippen molar-refractivity contribution in [2.45, 2.75) is 12.6 Å². The Labute approximate surface area is 97.9 Å². The van der Waals surface area contributed by atoms with Gasteiger partial charge in [-0.25, -0.2) is 4.39 Å². The quantitative estimate of drug-likeness (QED) is 0.845. The number of alkyl halides is 3. The van der Waals surface area contributed by atoms with Crippen LogP contribution in [0.3, 0.4) is 0 Å². The highest BCUT2D eigenvalue weighted by Gasteiger charge is 2.31. The molecule has 1 aromatic heterocycles. The fraction of sp³-hybridized carbons (Fsp3) is 0.200. The summed E-state index contributed by atoms with van der Waals surface area (Å²) >= 11 is 0. The number of phenolic OH excluding ortho intramolecular Hbond substituents is 1. The van der Waals surface area contributed by atoms with Crippen molar-refractivity contribution in [1.29, 1.82) is 0 Å². The van der Waals surface area contributed by atoms with Crippen LogP contribution in [0.25, 0.3) is 11.5 Å². The smallest absolute Gasteiger partial charge is 0.396 e. The molecule has 0 aliphatic rings. The molecule has 0 bridgehead atoms. The van der Waals surface area contributed by atoms with Crippen molar-refractivity contribution in [3.05, 3.63) is 29.8 Å². The Hall–Kier alpha value is -2.12. The summed E-state index contributed by atoms with van der Waals surface area (Å²) in [6.07, 6.45) is -5.82. The molecule has 0 atom stereocenters. The summed E-state index contributed by atoms with van der Waals surface area (Å²) in [5.41, 5.74) is -0.157. The number of aromatic nitrogens is 2. The molecule has 2 rings (SSSR count). The van der Waals surface area contributed by atoms with Crippen LogP contribution in [0.2, 0.25) is 0 Å². The van der Waals surface area contributed by atoms with Crippen LogP contribution in [0.15, 0.2) is 22.7 Å². The first kappa shape index (κ1) is 12.3. The molecule has 0 saturated carbocycles. The molecule has 1 N–H and O–H groups in total. The second-order valence-corrected chi connectivity index (χ2v) is 3.47. The van der Waals surface area contributed by atoms with Gasteiger partial charge in [-0.05, 0) is 18.2 Å². The highest BCUT2D eigenvalue weighted by atomic mass is 19.4. The maximum absolute atomic E-state index is 12.9. The summed E-state index contributed by atoms with van der Waals surface area (Å²) in [5.74, 6) is -2.00. The molecular weight excluding hydrogens is 256 g/mol. The predicted octanol–water partition coefficient (Wildman–Crippen LogP) is 2.69. The number of nitrogens with zero attached hydrogens (tertiary/aromatic N) is 2. The zero-order valence-corrected chi connectivity index (χ0v) is 8.70. The Kier molecular flexibility index (Phi) is 2.93. The lowest BCUT2D eigenvalue weighted by Crippen LogP contribution is -2.12. The highest BCUT2D eigenvalue weighted by Crippen LogP contribution is 2.29. The minimum absolute atomic E-state index is 0.157. The standard InChI is InChI=1S/C10H6F4N2O2/c11-5-1-2-7(17)6(3-5)9-15-8(16-18-9)4-10(12,13)14/h1-3,17H,4H2. The van der Waals surface area contributed by atoms with Crippen LogP contribution < -0.4 is 0 Å². The maximum atomic E-state index is 12.9. The van der Waals surface area contributed by atoms with E-state index in [1.807, 2.05) is 0 Å². The first-order valence-corrected chi connectivity index (χ1v) is 4.73. The van der Waals surface area contributed by atoms with Gasteiger partial charge in [-0.2, -0.15) is 18.2 Å². The van der Waals surface area contributed by atoms with Crippen LogP contribution in [0.5, 0.6) is 5.75 Å². The molecule has 4 nitrogen and oxygen atoms in total. The van der Waals surface area contributed by atoms with E-state index in [-0.39, 0.29) is 17.2 Å². The maximum Gasteiger partial charge on any atom is 0.396 e. The van der Waals surface area contributed by atoms with E-state index in [1.165, 1.54) is 0 Å². The Morgan fingerprint density at radius 1 is 1.28 bits per heavy atom. The second-order valence-electron chi connectivity index (χ2n) is 3.47. The fourth-order valence-corrected chi connectivity index (χ4v) is 1.29. The molecule has 0 saturated heterocycles. The summed E-state index contributed by atoms with van der Waals surface area (Å²) in [7, 11) is 0. The number of halogens is 4. The van der Waals surface area contributed by atoms with Crippen molar-refractivity contribution in [2.75, 3.05) is 0 Å². The molecule has 18 heavy (non-hydrogen) atoms. The molecule has 0 unspecified atom stereocenters. The molecule has 96 valence electrons. The minimum atomic E-state index is -4.47. The molecule has 0 fully saturated rings. The third-order valence-electron chi connectivity index (χ3n) is 2.02. The van der Waals surface area contributed by atoms with Gasteiger partial charge in [0.1, 0.15) is 18.0 Å². The number of aromatic hydroxyl groups is 1. The van der Waals surface area contributed by atoms with Gasteiger partial charge in [0.05, 0.1) is 5.56 Å². The van der Waals surface area contributed by atoms with Crippen LogP contribution in [0.1, 0.15) is 5.82 Å². The van der Waals surface area contributed by atoms with E-state index >= 15 is 0 Å². The molecule has 1 heterocycles. The lowest BCUT2D eigenvalue weighted by molar-refractivity contribution is -0.128. The summed E-state index contributed by atoms with van der Waals surface area (Å²) in [4.78, 5) is 3.44. The lowest BCUT2D eigenvalue weighted by atomic mass is 10.2. The monoisotopic (exact) mass is 262 g/mol. The van der Waals surface area contributed by atoms with Gasteiger partial charge in [0.2, 0.25) is 0 Å². The number of benzene rings is 1. The van der Waals surface area contributed by atoms with Crippen LogP contribution in [-0.2, 0) is 6.42 Å². The van der Waals surface area contributed by atoms with Crippen LogP contribution in [-0.4, -0.2) is 21.4 Å². The number of phenols is 1. The van der Waals surface area contributed by atoms with Gasteiger partial charge >= 0.3 is 6.18 Å². The predicted molar refractivity (Wildman–Crippen MR) is 51.1 cm³/mol. The third-order valence-corrected chi connectivity index (χ3v) is 2.02. The molecule has 1 aromatic carbocycles. The average Bonchev–Trinajstić information content (AvgIpc) is 2.67. The van der Waals surface area contributed by atoms with E-state index in [0.717, 1.165) is 18.2 Å². The van der Waals surface area contributed by atoms with Crippen LogP contribution in [0, 0.1) is 5.82 Å². The van der Waals surface area contributed by atoms with Crippen LogP contribution in [0.4, 0.5) is 17.6 Å². The summed E-state index contributed by atoms with van der Waals surface area (Å²) in [5, 5.41) is 12.5. The normalized spacial score (nSPS) is 11.8. The molecule has 8 heteroatoms. The minimum Gasteiger partial charge on any atom is -0.507 e. The Morgan fingerprint density at radius 3 is 2.67 bits per heavy atom. The van der Waals surface area contributed by atoms with Crippen molar-refractivity contribution in [1.82, 2.24) is 10.1 Å². The van der Waals surface area contributed by atoms with Gasteiger partial charge in [0, 0.05) is 0 Å². The Bertz CT molecular complexity index is 565. The van der Waals surface area contributed by atoms with E-state index in [2.05, 4.69) is 14.7 Å². The molecule has 0 aliphatic carbocycles. The van der Waals surface area contributed by atoms with Gasteiger partial charge in [-0.3, -0.25) is 0 Å². The summed E-state index contributed by atoms with van der Waals surface area (Å²) in [6.45, 7) is 0. The Morgan fingerprint density at radius 2 is 2.00 bits per heavy atom. The van der Waals surface area contributed by atoms with Crippen LogP contribution >= 0.6 is 0 Å². The van der Waals surface area contributed by atoms with Gasteiger partial charge in [0.25, 0.3) is 5.89 Å². The van der Waals surface area contributed by atoms with E-state index in [9.17, 15) is 22.7 Å². The molecule has 0 spiro atoms. The molecule has 0 amide bonds. The van der Waals surface area contributed by atoms with Gasteiger partial charge in [-0.1, -0.05) is 5.16 Å². The second kappa shape index (κ2) is 4.28. The fourth-order valence-electron chi connectivity index (χ4n) is 1.29. The topological polar surface area (TPSA) is 59.2 Å².